The molecular weight excluding hydrogens is 318 g/mol. The predicted octanol–water partition coefficient (Wildman–Crippen LogP) is 3.22. The van der Waals surface area contributed by atoms with Crippen LogP contribution in [0.25, 0.3) is 0 Å². The van der Waals surface area contributed by atoms with Crippen LogP contribution in [-0.2, 0) is 4.79 Å². The van der Waals surface area contributed by atoms with E-state index in [1.165, 1.54) is 0 Å². The molecule has 0 saturated carbocycles. The Morgan fingerprint density at radius 2 is 1.72 bits per heavy atom. The van der Waals surface area contributed by atoms with Gasteiger partial charge >= 0.3 is 0 Å². The van der Waals surface area contributed by atoms with Gasteiger partial charge in [-0.25, -0.2) is 5.43 Å². The molecule has 0 aliphatic rings. The molecule has 6 heteroatoms. The van der Waals surface area contributed by atoms with E-state index >= 15 is 0 Å². The van der Waals surface area contributed by atoms with Crippen LogP contribution in [-0.4, -0.2) is 24.1 Å². The number of nitrogens with zero attached hydrogens (tertiary/aromatic N) is 1. The van der Waals surface area contributed by atoms with Gasteiger partial charge in [-0.1, -0.05) is 18.2 Å². The second-order valence-corrected chi connectivity index (χ2v) is 5.34. The Hall–Kier alpha value is -3.15. The minimum Gasteiger partial charge on any atom is -0.494 e. The zero-order valence-corrected chi connectivity index (χ0v) is 14.3. The molecule has 0 spiro atoms. The average molecular weight is 339 g/mol. The number of carbonyl (C=O) groups is 2. The molecule has 2 rings (SSSR count). The first-order valence-corrected chi connectivity index (χ1v) is 7.99. The Morgan fingerprint density at radius 3 is 2.36 bits per heavy atom. The number of rotatable bonds is 7. The number of carbonyl (C=O) groups excluding carboxylic acids is 2. The molecular formula is C19H21N3O3. The molecule has 25 heavy (non-hydrogen) atoms. The van der Waals surface area contributed by atoms with E-state index in [4.69, 9.17) is 4.74 Å². The van der Waals surface area contributed by atoms with Crippen molar-refractivity contribution in [1.82, 2.24) is 5.43 Å². The van der Waals surface area contributed by atoms with Crippen LogP contribution >= 0.6 is 0 Å². The molecule has 0 saturated heterocycles. The highest BCUT2D eigenvalue weighted by Crippen LogP contribution is 2.12. The van der Waals surface area contributed by atoms with Crippen molar-refractivity contribution in [3.8, 4) is 5.75 Å². The van der Waals surface area contributed by atoms with Gasteiger partial charge in [-0.3, -0.25) is 9.59 Å². The molecule has 0 unspecified atom stereocenters. The summed E-state index contributed by atoms with van der Waals surface area (Å²) in [5, 5.41) is 6.73. The minimum atomic E-state index is -0.342. The van der Waals surface area contributed by atoms with Crippen LogP contribution in [0.3, 0.4) is 0 Å². The van der Waals surface area contributed by atoms with E-state index in [-0.39, 0.29) is 18.2 Å². The summed E-state index contributed by atoms with van der Waals surface area (Å²) in [6.45, 7) is 4.15. The zero-order chi connectivity index (χ0) is 18.1. The Kier molecular flexibility index (Phi) is 6.71. The van der Waals surface area contributed by atoms with Gasteiger partial charge in [-0.2, -0.15) is 5.10 Å². The lowest BCUT2D eigenvalue weighted by molar-refractivity contribution is -0.115. The smallest absolute Gasteiger partial charge is 0.271 e. The van der Waals surface area contributed by atoms with Crippen LogP contribution in [0, 0.1) is 0 Å². The molecule has 0 atom stereocenters. The maximum Gasteiger partial charge on any atom is 0.271 e. The van der Waals surface area contributed by atoms with Crippen LogP contribution in [0.1, 0.15) is 30.6 Å². The summed E-state index contributed by atoms with van der Waals surface area (Å²) < 4.78 is 5.33. The quantitative estimate of drug-likeness (QED) is 0.600. The van der Waals surface area contributed by atoms with Crippen LogP contribution in [0.2, 0.25) is 0 Å². The number of hydrogen-bond donors (Lipinski definition) is 2. The fraction of sp³-hybridized carbons (Fsp3) is 0.211. The summed E-state index contributed by atoms with van der Waals surface area (Å²) >= 11 is 0. The maximum atomic E-state index is 12.0. The highest BCUT2D eigenvalue weighted by atomic mass is 16.5. The predicted molar refractivity (Wildman–Crippen MR) is 97.9 cm³/mol. The first-order valence-electron chi connectivity index (χ1n) is 7.99. The van der Waals surface area contributed by atoms with Crippen molar-refractivity contribution in [1.29, 1.82) is 0 Å². The number of anilines is 1. The number of hydrazone groups is 1. The summed E-state index contributed by atoms with van der Waals surface area (Å²) in [6.07, 6.45) is 0.0957. The van der Waals surface area contributed by atoms with Gasteiger partial charge in [0.1, 0.15) is 5.75 Å². The van der Waals surface area contributed by atoms with Crippen LogP contribution in [0.15, 0.2) is 59.7 Å². The van der Waals surface area contributed by atoms with E-state index in [1.807, 2.05) is 25.1 Å². The van der Waals surface area contributed by atoms with Gasteiger partial charge in [0.05, 0.1) is 13.0 Å². The fourth-order valence-corrected chi connectivity index (χ4v) is 2.08. The summed E-state index contributed by atoms with van der Waals surface area (Å²) in [5.41, 5.74) is 4.14. The van der Waals surface area contributed by atoms with E-state index in [0.29, 0.717) is 23.6 Å². The van der Waals surface area contributed by atoms with Gasteiger partial charge in [0.15, 0.2) is 0 Å². The molecule has 0 aromatic heterocycles. The summed E-state index contributed by atoms with van der Waals surface area (Å²) in [6, 6.07) is 15.9. The lowest BCUT2D eigenvalue weighted by Gasteiger charge is -2.06. The summed E-state index contributed by atoms with van der Waals surface area (Å²) in [4.78, 5) is 24.0. The molecule has 2 N–H and O–H groups in total. The molecule has 2 aromatic carbocycles. The number of amides is 2. The number of hydrogen-bond acceptors (Lipinski definition) is 4. The summed E-state index contributed by atoms with van der Waals surface area (Å²) in [5.74, 6) is 0.171. The van der Waals surface area contributed by atoms with Gasteiger partial charge < -0.3 is 10.1 Å². The van der Waals surface area contributed by atoms with Crippen LogP contribution in [0.5, 0.6) is 5.75 Å². The molecule has 0 aliphatic heterocycles. The molecule has 0 heterocycles. The van der Waals surface area contributed by atoms with Gasteiger partial charge in [0.2, 0.25) is 5.91 Å². The normalized spacial score (nSPS) is 10.9. The number of ether oxygens (including phenoxy) is 1. The molecule has 2 amide bonds. The summed E-state index contributed by atoms with van der Waals surface area (Å²) in [7, 11) is 0. The van der Waals surface area contributed by atoms with E-state index in [1.54, 1.807) is 43.3 Å². The van der Waals surface area contributed by atoms with E-state index in [0.717, 1.165) is 5.69 Å². The Balaban J connectivity index is 1.85. The largest absolute Gasteiger partial charge is 0.494 e. The molecule has 0 fully saturated rings. The van der Waals surface area contributed by atoms with Gasteiger partial charge in [-0.15, -0.1) is 0 Å². The van der Waals surface area contributed by atoms with Crippen molar-refractivity contribution in [3.05, 3.63) is 60.2 Å². The SMILES string of the molecule is CCOc1ccc(C(=O)N/N=C(/C)CC(=O)Nc2ccccc2)cc1. The molecule has 0 bridgehead atoms. The van der Waals surface area contributed by atoms with Crippen molar-refractivity contribution in [2.75, 3.05) is 11.9 Å². The lowest BCUT2D eigenvalue weighted by atomic mass is 10.2. The van der Waals surface area contributed by atoms with Crippen molar-refractivity contribution < 1.29 is 14.3 Å². The standard InChI is InChI=1S/C19H21N3O3/c1-3-25-17-11-9-15(10-12-17)19(24)22-21-14(2)13-18(23)20-16-7-5-4-6-8-16/h4-12H,3,13H2,1-2H3,(H,20,23)(H,22,24)/b21-14-. The first-order chi connectivity index (χ1) is 12.1. The third kappa shape index (κ3) is 6.10. The van der Waals surface area contributed by atoms with Gasteiger partial charge in [0.25, 0.3) is 5.91 Å². The first kappa shape index (κ1) is 18.2. The van der Waals surface area contributed by atoms with Crippen molar-refractivity contribution in [2.45, 2.75) is 20.3 Å². The fourth-order valence-electron chi connectivity index (χ4n) is 2.08. The minimum absolute atomic E-state index is 0.0957. The van der Waals surface area contributed by atoms with Gasteiger partial charge in [0, 0.05) is 17.0 Å². The second-order valence-electron chi connectivity index (χ2n) is 5.34. The Morgan fingerprint density at radius 1 is 1.04 bits per heavy atom. The Labute approximate surface area is 146 Å². The van der Waals surface area contributed by atoms with Crippen molar-refractivity contribution in [3.63, 3.8) is 0 Å². The molecule has 0 radical (unpaired) electrons. The van der Waals surface area contributed by atoms with Crippen molar-refractivity contribution in [2.24, 2.45) is 5.10 Å². The van der Waals surface area contributed by atoms with Crippen LogP contribution in [0.4, 0.5) is 5.69 Å². The number of para-hydroxylation sites is 1. The zero-order valence-electron chi connectivity index (χ0n) is 14.3. The average Bonchev–Trinajstić information content (AvgIpc) is 2.61. The third-order valence-electron chi connectivity index (χ3n) is 3.25. The van der Waals surface area contributed by atoms with Gasteiger partial charge in [-0.05, 0) is 50.2 Å². The molecule has 6 nitrogen and oxygen atoms in total. The van der Waals surface area contributed by atoms with E-state index in [9.17, 15) is 9.59 Å². The van der Waals surface area contributed by atoms with Crippen LogP contribution < -0.4 is 15.5 Å². The highest BCUT2D eigenvalue weighted by molar-refractivity contribution is 6.06. The second kappa shape index (κ2) is 9.22. The van der Waals surface area contributed by atoms with Crippen molar-refractivity contribution >= 4 is 23.2 Å². The lowest BCUT2D eigenvalue weighted by Crippen LogP contribution is -2.21. The molecule has 130 valence electrons. The topological polar surface area (TPSA) is 79.8 Å². The Bertz CT molecular complexity index is 740. The maximum absolute atomic E-state index is 12.0. The monoisotopic (exact) mass is 339 g/mol. The van der Waals surface area contributed by atoms with E-state index < -0.39 is 0 Å². The number of benzene rings is 2. The molecule has 2 aromatic rings. The third-order valence-corrected chi connectivity index (χ3v) is 3.25. The van der Waals surface area contributed by atoms with E-state index in [2.05, 4.69) is 15.8 Å². The number of nitrogens with one attached hydrogen (secondary N) is 2. The molecule has 0 aliphatic carbocycles. The highest BCUT2D eigenvalue weighted by Gasteiger charge is 2.07.